The molecule has 1 aromatic rings. The van der Waals surface area contributed by atoms with Crippen molar-refractivity contribution in [3.05, 3.63) is 29.6 Å². The molecule has 0 aliphatic heterocycles. The van der Waals surface area contributed by atoms with Crippen LogP contribution in [0.2, 0.25) is 0 Å². The summed E-state index contributed by atoms with van der Waals surface area (Å²) < 4.78 is 18.5. The number of ether oxygens (including phenoxy) is 1. The lowest BCUT2D eigenvalue weighted by atomic mass is 10.2. The van der Waals surface area contributed by atoms with Crippen LogP contribution >= 0.6 is 0 Å². The first kappa shape index (κ1) is 11.0. The van der Waals surface area contributed by atoms with Crippen molar-refractivity contribution < 1.29 is 9.13 Å². The summed E-state index contributed by atoms with van der Waals surface area (Å²) in [5, 5.41) is 0. The van der Waals surface area contributed by atoms with E-state index in [0.29, 0.717) is 30.4 Å². The Morgan fingerprint density at radius 1 is 1.43 bits per heavy atom. The van der Waals surface area contributed by atoms with Gasteiger partial charge in [0, 0.05) is 17.9 Å². The second-order valence-corrected chi connectivity index (χ2v) is 3.76. The first-order valence-corrected chi connectivity index (χ1v) is 4.71. The number of hydrogen-bond acceptors (Lipinski definition) is 2. The minimum atomic E-state index is -0.297. The second-order valence-electron chi connectivity index (χ2n) is 3.76. The number of halogens is 1. The normalized spacial score (nSPS) is 10.9. The van der Waals surface area contributed by atoms with Crippen LogP contribution in [-0.2, 0) is 11.3 Å². The number of hydrogen-bond donors (Lipinski definition) is 1. The van der Waals surface area contributed by atoms with Gasteiger partial charge in [0.05, 0.1) is 6.61 Å². The average molecular weight is 197 g/mol. The monoisotopic (exact) mass is 197 g/mol. The highest BCUT2D eigenvalue weighted by Crippen LogP contribution is 2.13. The molecule has 14 heavy (non-hydrogen) atoms. The molecule has 1 aromatic carbocycles. The Hall–Kier alpha value is -1.09. The largest absolute Gasteiger partial charge is 0.399 e. The maximum atomic E-state index is 13.2. The Balaban J connectivity index is 2.51. The summed E-state index contributed by atoms with van der Waals surface area (Å²) in [4.78, 5) is 0. The van der Waals surface area contributed by atoms with Crippen LogP contribution < -0.4 is 5.73 Å². The van der Waals surface area contributed by atoms with Gasteiger partial charge in [0.1, 0.15) is 5.82 Å². The van der Waals surface area contributed by atoms with E-state index in [2.05, 4.69) is 13.8 Å². The summed E-state index contributed by atoms with van der Waals surface area (Å²) in [5.74, 6) is 0.167. The molecule has 0 aliphatic rings. The quantitative estimate of drug-likeness (QED) is 0.753. The molecule has 1 rings (SSSR count). The van der Waals surface area contributed by atoms with Crippen molar-refractivity contribution in [2.45, 2.75) is 20.5 Å². The smallest absolute Gasteiger partial charge is 0.130 e. The minimum absolute atomic E-state index is 0.297. The van der Waals surface area contributed by atoms with E-state index in [-0.39, 0.29) is 5.82 Å². The van der Waals surface area contributed by atoms with Crippen LogP contribution in [0.15, 0.2) is 18.2 Å². The van der Waals surface area contributed by atoms with Crippen LogP contribution in [0.1, 0.15) is 19.4 Å². The summed E-state index contributed by atoms with van der Waals surface area (Å²) in [6.07, 6.45) is 0. The van der Waals surface area contributed by atoms with E-state index in [1.807, 2.05) is 0 Å². The maximum Gasteiger partial charge on any atom is 0.130 e. The van der Waals surface area contributed by atoms with Gasteiger partial charge in [-0.15, -0.1) is 0 Å². The van der Waals surface area contributed by atoms with Crippen molar-refractivity contribution in [3.63, 3.8) is 0 Å². The molecule has 0 saturated carbocycles. The highest BCUT2D eigenvalue weighted by Gasteiger charge is 2.02. The molecule has 0 radical (unpaired) electrons. The number of nitrogen functional groups attached to an aromatic ring is 1. The van der Waals surface area contributed by atoms with Gasteiger partial charge in [-0.1, -0.05) is 19.9 Å². The Bertz CT molecular complexity index is 299. The molecule has 0 spiro atoms. The number of rotatable bonds is 4. The lowest BCUT2D eigenvalue weighted by Gasteiger charge is -2.07. The summed E-state index contributed by atoms with van der Waals surface area (Å²) in [6, 6.07) is 4.65. The van der Waals surface area contributed by atoms with E-state index >= 15 is 0 Å². The van der Waals surface area contributed by atoms with Crippen molar-refractivity contribution in [1.29, 1.82) is 0 Å². The fourth-order valence-corrected chi connectivity index (χ4v) is 1.09. The topological polar surface area (TPSA) is 35.2 Å². The Morgan fingerprint density at radius 2 is 2.14 bits per heavy atom. The molecule has 0 atom stereocenters. The third-order valence-electron chi connectivity index (χ3n) is 1.79. The van der Waals surface area contributed by atoms with Crippen molar-refractivity contribution in [2.24, 2.45) is 5.92 Å². The Morgan fingerprint density at radius 3 is 2.71 bits per heavy atom. The molecule has 3 heteroatoms. The minimum Gasteiger partial charge on any atom is -0.399 e. The van der Waals surface area contributed by atoms with Gasteiger partial charge in [-0.25, -0.2) is 4.39 Å². The van der Waals surface area contributed by atoms with E-state index in [0.717, 1.165) is 0 Å². The lowest BCUT2D eigenvalue weighted by molar-refractivity contribution is 0.0950. The van der Waals surface area contributed by atoms with Crippen LogP contribution in [0.5, 0.6) is 0 Å². The van der Waals surface area contributed by atoms with E-state index in [1.165, 1.54) is 6.07 Å². The van der Waals surface area contributed by atoms with Crippen LogP contribution in [0.4, 0.5) is 10.1 Å². The summed E-state index contributed by atoms with van der Waals surface area (Å²) in [7, 11) is 0. The van der Waals surface area contributed by atoms with Gasteiger partial charge in [0.2, 0.25) is 0 Å². The van der Waals surface area contributed by atoms with Crippen LogP contribution in [0, 0.1) is 11.7 Å². The first-order valence-electron chi connectivity index (χ1n) is 4.71. The van der Waals surface area contributed by atoms with Crippen molar-refractivity contribution in [1.82, 2.24) is 0 Å². The zero-order chi connectivity index (χ0) is 10.6. The van der Waals surface area contributed by atoms with Gasteiger partial charge in [-0.2, -0.15) is 0 Å². The van der Waals surface area contributed by atoms with Gasteiger partial charge < -0.3 is 10.5 Å². The highest BCUT2D eigenvalue weighted by atomic mass is 19.1. The molecule has 2 N–H and O–H groups in total. The number of benzene rings is 1. The molecule has 0 amide bonds. The molecule has 0 heterocycles. The first-order chi connectivity index (χ1) is 6.59. The van der Waals surface area contributed by atoms with E-state index in [9.17, 15) is 4.39 Å². The highest BCUT2D eigenvalue weighted by molar-refractivity contribution is 5.40. The molecule has 78 valence electrons. The molecule has 0 bridgehead atoms. The fraction of sp³-hybridized carbons (Fsp3) is 0.455. The fourth-order valence-electron chi connectivity index (χ4n) is 1.09. The van der Waals surface area contributed by atoms with Crippen LogP contribution in [0.3, 0.4) is 0 Å². The van der Waals surface area contributed by atoms with E-state index in [4.69, 9.17) is 10.5 Å². The van der Waals surface area contributed by atoms with Gasteiger partial charge >= 0.3 is 0 Å². The van der Waals surface area contributed by atoms with Crippen molar-refractivity contribution in [2.75, 3.05) is 12.3 Å². The molecule has 0 fully saturated rings. The van der Waals surface area contributed by atoms with E-state index in [1.54, 1.807) is 12.1 Å². The van der Waals surface area contributed by atoms with Gasteiger partial charge in [-0.3, -0.25) is 0 Å². The Kier molecular flexibility index (Phi) is 3.89. The average Bonchev–Trinajstić information content (AvgIpc) is 2.08. The third kappa shape index (κ3) is 3.34. The van der Waals surface area contributed by atoms with Crippen LogP contribution in [0.25, 0.3) is 0 Å². The SMILES string of the molecule is CC(C)COCc1ccc(N)cc1F. The predicted octanol–water partition coefficient (Wildman–Crippen LogP) is 2.58. The summed E-state index contributed by atoms with van der Waals surface area (Å²) in [5.41, 5.74) is 6.42. The third-order valence-corrected chi connectivity index (χ3v) is 1.79. The standard InChI is InChI=1S/C11H16FNO/c1-8(2)6-14-7-9-3-4-10(13)5-11(9)12/h3-5,8H,6-7,13H2,1-2H3. The zero-order valence-corrected chi connectivity index (χ0v) is 8.59. The van der Waals surface area contributed by atoms with Gasteiger partial charge in [0.15, 0.2) is 0 Å². The molecule has 0 aliphatic carbocycles. The van der Waals surface area contributed by atoms with Crippen molar-refractivity contribution in [3.8, 4) is 0 Å². The number of anilines is 1. The zero-order valence-electron chi connectivity index (χ0n) is 8.59. The number of nitrogens with two attached hydrogens (primary N) is 1. The lowest BCUT2D eigenvalue weighted by Crippen LogP contribution is -2.03. The summed E-state index contributed by atoms with van der Waals surface area (Å²) >= 11 is 0. The maximum absolute atomic E-state index is 13.2. The molecule has 0 aromatic heterocycles. The van der Waals surface area contributed by atoms with Crippen molar-refractivity contribution >= 4 is 5.69 Å². The molecular formula is C11H16FNO. The van der Waals surface area contributed by atoms with Gasteiger partial charge in [-0.05, 0) is 18.1 Å². The van der Waals surface area contributed by atoms with Crippen LogP contribution in [-0.4, -0.2) is 6.61 Å². The Labute approximate surface area is 83.9 Å². The predicted molar refractivity (Wildman–Crippen MR) is 55.3 cm³/mol. The molecule has 0 unspecified atom stereocenters. The molecular weight excluding hydrogens is 181 g/mol. The molecule has 0 saturated heterocycles. The van der Waals surface area contributed by atoms with Gasteiger partial charge in [0.25, 0.3) is 0 Å². The molecule has 2 nitrogen and oxygen atoms in total. The van der Waals surface area contributed by atoms with E-state index < -0.39 is 0 Å². The second kappa shape index (κ2) is 4.96. The summed E-state index contributed by atoms with van der Waals surface area (Å²) in [6.45, 7) is 5.06.